The molecule has 1 unspecified atom stereocenters. The van der Waals surface area contributed by atoms with Crippen molar-refractivity contribution in [2.24, 2.45) is 0 Å². The molecule has 1 saturated heterocycles. The van der Waals surface area contributed by atoms with Gasteiger partial charge >= 0.3 is 0 Å². The van der Waals surface area contributed by atoms with E-state index in [2.05, 4.69) is 20.0 Å². The molecule has 2 fully saturated rings. The maximum Gasteiger partial charge on any atom is 0.237 e. The van der Waals surface area contributed by atoms with E-state index >= 15 is 0 Å². The van der Waals surface area contributed by atoms with E-state index in [1.54, 1.807) is 6.20 Å². The third-order valence-corrected chi connectivity index (χ3v) is 5.11. The lowest BCUT2D eigenvalue weighted by Gasteiger charge is -2.11. The topological polar surface area (TPSA) is 84.0 Å². The van der Waals surface area contributed by atoms with Crippen molar-refractivity contribution in [3.8, 4) is 0 Å². The van der Waals surface area contributed by atoms with E-state index in [9.17, 15) is 8.42 Å². The van der Waals surface area contributed by atoms with E-state index in [1.807, 2.05) is 6.07 Å². The molecule has 0 aromatic carbocycles. The van der Waals surface area contributed by atoms with Gasteiger partial charge in [0.05, 0.1) is 10.9 Å². The molecule has 0 bridgehead atoms. The lowest BCUT2D eigenvalue weighted by Crippen LogP contribution is -2.20. The van der Waals surface area contributed by atoms with Crippen molar-refractivity contribution in [1.82, 2.24) is 15.3 Å². The largest absolute Gasteiger partial charge is 0.309 e. The Balaban J connectivity index is 1.78. The first-order valence-electron chi connectivity index (χ1n) is 6.23. The molecule has 1 atom stereocenters. The number of hydrogen-bond donors (Lipinski definition) is 2. The summed E-state index contributed by atoms with van der Waals surface area (Å²) < 4.78 is 26.0. The molecular weight excluding hydrogens is 252 g/mol. The predicted octanol–water partition coefficient (Wildman–Crippen LogP) is 0.805. The molecule has 1 saturated carbocycles. The first-order valence-corrected chi connectivity index (χ1v) is 7.78. The van der Waals surface area contributed by atoms with Crippen LogP contribution in [0.2, 0.25) is 0 Å². The minimum Gasteiger partial charge on any atom is -0.309 e. The van der Waals surface area contributed by atoms with Gasteiger partial charge in [-0.1, -0.05) is 0 Å². The van der Waals surface area contributed by atoms with E-state index in [-0.39, 0.29) is 17.2 Å². The van der Waals surface area contributed by atoms with Crippen LogP contribution in [0.15, 0.2) is 12.3 Å². The van der Waals surface area contributed by atoms with Crippen LogP contribution >= 0.6 is 0 Å². The fraction of sp³-hybridized carbons (Fsp3) is 0.636. The number of nitrogens with one attached hydrogen (secondary N) is 2. The predicted molar refractivity (Wildman–Crippen MR) is 67.6 cm³/mol. The average molecular weight is 268 g/mol. The Hall–Kier alpha value is -1.21. The van der Waals surface area contributed by atoms with Gasteiger partial charge in [-0.3, -0.25) is 4.72 Å². The number of anilines is 1. The summed E-state index contributed by atoms with van der Waals surface area (Å²) in [5, 5.41) is 3.08. The second kappa shape index (κ2) is 4.47. The summed E-state index contributed by atoms with van der Waals surface area (Å²) in [6.07, 6.45) is 5.23. The molecule has 2 heterocycles. The smallest absolute Gasteiger partial charge is 0.237 e. The number of rotatable bonds is 4. The first kappa shape index (κ1) is 11.9. The molecule has 1 aliphatic heterocycles. The Bertz CT molecular complexity index is 536. The third kappa shape index (κ3) is 2.46. The van der Waals surface area contributed by atoms with Crippen LogP contribution in [0.1, 0.15) is 37.4 Å². The molecule has 18 heavy (non-hydrogen) atoms. The molecule has 0 amide bonds. The molecule has 0 spiro atoms. The zero-order valence-electron chi connectivity index (χ0n) is 9.96. The first-order chi connectivity index (χ1) is 8.65. The van der Waals surface area contributed by atoms with Gasteiger partial charge in [0.25, 0.3) is 0 Å². The summed E-state index contributed by atoms with van der Waals surface area (Å²) in [6, 6.07) is 2.05. The molecule has 2 N–H and O–H groups in total. The fourth-order valence-electron chi connectivity index (χ4n) is 2.14. The van der Waals surface area contributed by atoms with Gasteiger partial charge in [0, 0.05) is 12.2 Å². The summed E-state index contributed by atoms with van der Waals surface area (Å²) in [7, 11) is -3.28. The second-order valence-corrected chi connectivity index (χ2v) is 6.76. The molecule has 1 aromatic rings. The highest BCUT2D eigenvalue weighted by Gasteiger charge is 2.36. The zero-order chi connectivity index (χ0) is 12.6. The van der Waals surface area contributed by atoms with Crippen LogP contribution in [0.3, 0.4) is 0 Å². The fourth-order valence-corrected chi connectivity index (χ4v) is 3.42. The van der Waals surface area contributed by atoms with Crippen LogP contribution in [0.4, 0.5) is 5.95 Å². The van der Waals surface area contributed by atoms with Gasteiger partial charge < -0.3 is 5.32 Å². The van der Waals surface area contributed by atoms with Crippen molar-refractivity contribution in [2.75, 3.05) is 11.3 Å². The van der Waals surface area contributed by atoms with Gasteiger partial charge in [0.15, 0.2) is 0 Å². The van der Waals surface area contributed by atoms with Gasteiger partial charge in [-0.05, 0) is 38.3 Å². The number of hydrogen-bond acceptors (Lipinski definition) is 5. The summed E-state index contributed by atoms with van der Waals surface area (Å²) in [5.41, 5.74) is 0.857. The lowest BCUT2D eigenvalue weighted by atomic mass is 10.1. The molecule has 1 aliphatic carbocycles. The highest BCUT2D eigenvalue weighted by molar-refractivity contribution is 7.93. The normalized spacial score (nSPS) is 24.1. The van der Waals surface area contributed by atoms with E-state index in [1.165, 1.54) is 0 Å². The Kier molecular flexibility index (Phi) is 2.95. The molecule has 98 valence electrons. The number of nitrogens with zero attached hydrogens (tertiary/aromatic N) is 2. The summed E-state index contributed by atoms with van der Waals surface area (Å²) in [6.45, 7) is 0.984. The van der Waals surface area contributed by atoms with Crippen LogP contribution < -0.4 is 10.0 Å². The molecule has 6 nitrogen and oxygen atoms in total. The van der Waals surface area contributed by atoms with E-state index in [4.69, 9.17) is 0 Å². The third-order valence-electron chi connectivity index (χ3n) is 3.29. The Labute approximate surface area is 106 Å². The molecule has 1 aromatic heterocycles. The van der Waals surface area contributed by atoms with Gasteiger partial charge in [0.2, 0.25) is 16.0 Å². The van der Waals surface area contributed by atoms with Crippen molar-refractivity contribution < 1.29 is 8.42 Å². The van der Waals surface area contributed by atoms with E-state index < -0.39 is 10.0 Å². The minimum atomic E-state index is -3.28. The van der Waals surface area contributed by atoms with Gasteiger partial charge in [0.1, 0.15) is 0 Å². The van der Waals surface area contributed by atoms with Crippen molar-refractivity contribution >= 4 is 16.0 Å². The number of aromatic nitrogens is 2. The van der Waals surface area contributed by atoms with E-state index in [0.717, 1.165) is 37.9 Å². The van der Waals surface area contributed by atoms with Crippen molar-refractivity contribution in [2.45, 2.75) is 37.0 Å². The van der Waals surface area contributed by atoms with Crippen LogP contribution in [-0.2, 0) is 10.0 Å². The number of sulfonamides is 1. The van der Waals surface area contributed by atoms with Gasteiger partial charge in [-0.15, -0.1) is 0 Å². The van der Waals surface area contributed by atoms with Gasteiger partial charge in [-0.25, -0.2) is 18.4 Å². The quantitative estimate of drug-likeness (QED) is 0.844. The molecule has 3 rings (SSSR count). The van der Waals surface area contributed by atoms with Crippen molar-refractivity contribution in [1.29, 1.82) is 0 Å². The Morgan fingerprint density at radius 1 is 1.33 bits per heavy atom. The van der Waals surface area contributed by atoms with Gasteiger partial charge in [-0.2, -0.15) is 0 Å². The summed E-state index contributed by atoms with van der Waals surface area (Å²) in [5.74, 6) is 0.188. The van der Waals surface area contributed by atoms with Crippen LogP contribution in [-0.4, -0.2) is 30.2 Å². The SMILES string of the molecule is O=S(=O)(Nc1nccc(C2CCCN2)n1)C1CC1. The van der Waals surface area contributed by atoms with Crippen LogP contribution in [0.25, 0.3) is 0 Å². The summed E-state index contributed by atoms with van der Waals surface area (Å²) >= 11 is 0. The standard InChI is InChI=1S/C11H16N4O2S/c16-18(17,8-3-4-8)15-11-13-7-5-10(14-11)9-2-1-6-12-9/h5,7-9,12H,1-4,6H2,(H,13,14,15). The van der Waals surface area contributed by atoms with Crippen molar-refractivity contribution in [3.63, 3.8) is 0 Å². The van der Waals surface area contributed by atoms with Crippen LogP contribution in [0.5, 0.6) is 0 Å². The average Bonchev–Trinajstić information content (AvgIpc) is 3.06. The monoisotopic (exact) mass is 268 g/mol. The van der Waals surface area contributed by atoms with E-state index in [0.29, 0.717) is 0 Å². The molecule has 7 heteroatoms. The molecule has 2 aliphatic rings. The second-order valence-electron chi connectivity index (χ2n) is 4.80. The molecule has 0 radical (unpaired) electrons. The maximum absolute atomic E-state index is 11.8. The Morgan fingerprint density at radius 2 is 2.17 bits per heavy atom. The summed E-state index contributed by atoms with van der Waals surface area (Å²) in [4.78, 5) is 8.26. The minimum absolute atomic E-state index is 0.188. The maximum atomic E-state index is 11.8. The lowest BCUT2D eigenvalue weighted by molar-refractivity contribution is 0.599. The highest BCUT2D eigenvalue weighted by Crippen LogP contribution is 2.29. The zero-order valence-corrected chi connectivity index (χ0v) is 10.8. The van der Waals surface area contributed by atoms with Crippen LogP contribution in [0, 0.1) is 0 Å². The Morgan fingerprint density at radius 3 is 2.83 bits per heavy atom. The highest BCUT2D eigenvalue weighted by atomic mass is 32.2. The van der Waals surface area contributed by atoms with Crippen molar-refractivity contribution in [3.05, 3.63) is 18.0 Å². The molecular formula is C11H16N4O2S.